The first-order valence-electron chi connectivity index (χ1n) is 8.92. The normalized spacial score (nSPS) is 13.5. The molecule has 1 N–H and O–H groups in total. The van der Waals surface area contributed by atoms with Crippen molar-refractivity contribution >= 4 is 27.5 Å². The highest BCUT2D eigenvalue weighted by atomic mass is 32.1. The number of aromatic nitrogens is 1. The highest BCUT2D eigenvalue weighted by Crippen LogP contribution is 2.28. The zero-order valence-corrected chi connectivity index (χ0v) is 16.6. The van der Waals surface area contributed by atoms with Crippen LogP contribution in [0.3, 0.4) is 0 Å². The molecule has 5 heteroatoms. The Labute approximate surface area is 159 Å². The highest BCUT2D eigenvalue weighted by Gasteiger charge is 2.23. The molecule has 1 heterocycles. The van der Waals surface area contributed by atoms with Crippen molar-refractivity contribution in [3.8, 4) is 0 Å². The van der Waals surface area contributed by atoms with E-state index in [1.807, 2.05) is 37.1 Å². The number of benzene rings is 2. The molecular formula is C21H26N3OS+. The lowest BCUT2D eigenvalue weighted by Gasteiger charge is -2.24. The van der Waals surface area contributed by atoms with Crippen molar-refractivity contribution in [2.45, 2.75) is 26.4 Å². The number of fused-ring (bicyclic) bond motifs is 1. The standard InChI is InChI=1S/C21H25N3OS/c1-15-9-11-17(12-10-15)13-23(3)14-20(25)24(4)16(2)21-22-18-7-5-6-8-19(18)26-21/h5-12,16H,13-14H2,1-4H3/p+1/t16-/m1/s1. The fourth-order valence-corrected chi connectivity index (χ4v) is 4.01. The average molecular weight is 369 g/mol. The van der Waals surface area contributed by atoms with Crippen LogP contribution in [-0.2, 0) is 11.3 Å². The molecule has 0 aliphatic rings. The summed E-state index contributed by atoms with van der Waals surface area (Å²) in [4.78, 5) is 20.4. The predicted molar refractivity (Wildman–Crippen MR) is 107 cm³/mol. The summed E-state index contributed by atoms with van der Waals surface area (Å²) in [5.41, 5.74) is 3.51. The predicted octanol–water partition coefficient (Wildman–Crippen LogP) is 2.84. The van der Waals surface area contributed by atoms with Crippen LogP contribution in [0.1, 0.15) is 29.1 Å². The minimum Gasteiger partial charge on any atom is -0.332 e. The van der Waals surface area contributed by atoms with Crippen LogP contribution in [0.4, 0.5) is 0 Å². The van der Waals surface area contributed by atoms with Crippen LogP contribution < -0.4 is 4.90 Å². The number of nitrogens with one attached hydrogen (secondary N) is 1. The molecule has 0 aliphatic heterocycles. The van der Waals surface area contributed by atoms with E-state index in [4.69, 9.17) is 0 Å². The summed E-state index contributed by atoms with van der Waals surface area (Å²) in [6, 6.07) is 16.6. The number of hydrogen-bond acceptors (Lipinski definition) is 3. The number of quaternary nitrogens is 1. The third-order valence-corrected chi connectivity index (χ3v) is 5.93. The zero-order valence-electron chi connectivity index (χ0n) is 15.8. The molecule has 136 valence electrons. The monoisotopic (exact) mass is 368 g/mol. The summed E-state index contributed by atoms with van der Waals surface area (Å²) >= 11 is 1.66. The van der Waals surface area contributed by atoms with Crippen LogP contribution in [0, 0.1) is 6.92 Å². The Kier molecular flexibility index (Phi) is 5.69. The molecule has 0 bridgehead atoms. The summed E-state index contributed by atoms with van der Waals surface area (Å²) in [6.45, 7) is 5.45. The van der Waals surface area contributed by atoms with Crippen LogP contribution in [0.2, 0.25) is 0 Å². The summed E-state index contributed by atoms with van der Waals surface area (Å²) in [5.74, 6) is 0.140. The van der Waals surface area contributed by atoms with Crippen LogP contribution in [0.25, 0.3) is 10.2 Å². The fraction of sp³-hybridized carbons (Fsp3) is 0.333. The van der Waals surface area contributed by atoms with Crippen molar-refractivity contribution in [3.05, 3.63) is 64.7 Å². The van der Waals surface area contributed by atoms with Crippen molar-refractivity contribution in [2.75, 3.05) is 20.6 Å². The summed E-state index contributed by atoms with van der Waals surface area (Å²) < 4.78 is 1.16. The maximum absolute atomic E-state index is 12.7. The van der Waals surface area contributed by atoms with E-state index in [0.29, 0.717) is 6.54 Å². The molecule has 0 spiro atoms. The van der Waals surface area contributed by atoms with Gasteiger partial charge < -0.3 is 9.80 Å². The second-order valence-corrected chi connectivity index (χ2v) is 8.06. The molecule has 2 atom stereocenters. The minimum atomic E-state index is -0.0212. The van der Waals surface area contributed by atoms with Crippen LogP contribution in [-0.4, -0.2) is 36.4 Å². The molecule has 3 aromatic rings. The number of carbonyl (C=O) groups excluding carboxylic acids is 1. The molecule has 2 aromatic carbocycles. The van der Waals surface area contributed by atoms with Gasteiger partial charge in [-0.2, -0.15) is 0 Å². The zero-order chi connectivity index (χ0) is 18.7. The Morgan fingerprint density at radius 2 is 1.88 bits per heavy atom. The Hall–Kier alpha value is -2.24. The summed E-state index contributed by atoms with van der Waals surface area (Å²) in [7, 11) is 3.94. The maximum Gasteiger partial charge on any atom is 0.278 e. The van der Waals surface area contributed by atoms with E-state index in [1.54, 1.807) is 11.3 Å². The van der Waals surface area contributed by atoms with Gasteiger partial charge in [-0.05, 0) is 26.0 Å². The first-order valence-corrected chi connectivity index (χ1v) is 9.73. The van der Waals surface area contributed by atoms with Gasteiger partial charge in [-0.1, -0.05) is 42.0 Å². The molecule has 0 aliphatic carbocycles. The van der Waals surface area contributed by atoms with E-state index in [1.165, 1.54) is 16.0 Å². The van der Waals surface area contributed by atoms with Crippen molar-refractivity contribution in [1.29, 1.82) is 0 Å². The van der Waals surface area contributed by atoms with Gasteiger partial charge in [-0.25, -0.2) is 4.98 Å². The van der Waals surface area contributed by atoms with Gasteiger partial charge in [-0.3, -0.25) is 4.79 Å². The maximum atomic E-state index is 12.7. The number of nitrogens with zero attached hydrogens (tertiary/aromatic N) is 2. The smallest absolute Gasteiger partial charge is 0.278 e. The Balaban J connectivity index is 1.61. The number of likely N-dealkylation sites (N-methyl/N-ethyl adjacent to an activating group) is 2. The van der Waals surface area contributed by atoms with Gasteiger partial charge in [0.25, 0.3) is 5.91 Å². The topological polar surface area (TPSA) is 37.6 Å². The minimum absolute atomic E-state index is 0.0212. The highest BCUT2D eigenvalue weighted by molar-refractivity contribution is 7.18. The lowest BCUT2D eigenvalue weighted by Crippen LogP contribution is -3.08. The number of thiazole rings is 1. The molecule has 0 radical (unpaired) electrons. The Morgan fingerprint density at radius 1 is 1.19 bits per heavy atom. The van der Waals surface area contributed by atoms with Gasteiger partial charge in [0, 0.05) is 12.6 Å². The van der Waals surface area contributed by atoms with Crippen LogP contribution in [0.5, 0.6) is 0 Å². The molecular weight excluding hydrogens is 342 g/mol. The lowest BCUT2D eigenvalue weighted by molar-refractivity contribution is -0.885. The molecule has 26 heavy (non-hydrogen) atoms. The number of carbonyl (C=O) groups is 1. The van der Waals surface area contributed by atoms with Gasteiger partial charge in [-0.15, -0.1) is 11.3 Å². The van der Waals surface area contributed by atoms with Gasteiger partial charge in [0.2, 0.25) is 0 Å². The summed E-state index contributed by atoms with van der Waals surface area (Å²) in [5, 5.41) is 0.984. The van der Waals surface area contributed by atoms with Crippen molar-refractivity contribution in [1.82, 2.24) is 9.88 Å². The number of amides is 1. The van der Waals surface area contributed by atoms with E-state index in [0.717, 1.165) is 21.8 Å². The number of rotatable bonds is 6. The second-order valence-electron chi connectivity index (χ2n) is 7.00. The Morgan fingerprint density at radius 3 is 2.58 bits per heavy atom. The van der Waals surface area contributed by atoms with E-state index < -0.39 is 0 Å². The van der Waals surface area contributed by atoms with Crippen LogP contribution >= 0.6 is 11.3 Å². The number of aryl methyl sites for hydroxylation is 1. The average Bonchev–Trinajstić information content (AvgIpc) is 3.06. The van der Waals surface area contributed by atoms with Gasteiger partial charge in [0.1, 0.15) is 11.6 Å². The third-order valence-electron chi connectivity index (χ3n) is 4.72. The lowest BCUT2D eigenvalue weighted by atomic mass is 10.1. The van der Waals surface area contributed by atoms with Gasteiger partial charge >= 0.3 is 0 Å². The van der Waals surface area contributed by atoms with E-state index >= 15 is 0 Å². The van der Waals surface area contributed by atoms with Gasteiger partial charge in [0.05, 0.1) is 23.3 Å². The van der Waals surface area contributed by atoms with E-state index in [9.17, 15) is 4.79 Å². The molecule has 1 aromatic heterocycles. The third kappa shape index (κ3) is 4.29. The first kappa shape index (κ1) is 18.5. The first-order chi connectivity index (χ1) is 12.4. The van der Waals surface area contributed by atoms with Crippen molar-refractivity contribution in [3.63, 3.8) is 0 Å². The summed E-state index contributed by atoms with van der Waals surface area (Å²) in [6.07, 6.45) is 0. The largest absolute Gasteiger partial charge is 0.332 e. The Bertz CT molecular complexity index is 855. The van der Waals surface area contributed by atoms with Crippen molar-refractivity contribution in [2.24, 2.45) is 0 Å². The molecule has 4 nitrogen and oxygen atoms in total. The molecule has 0 saturated heterocycles. The van der Waals surface area contributed by atoms with Crippen LogP contribution in [0.15, 0.2) is 48.5 Å². The molecule has 0 fully saturated rings. The number of hydrogen-bond donors (Lipinski definition) is 1. The van der Waals surface area contributed by atoms with Crippen molar-refractivity contribution < 1.29 is 9.69 Å². The van der Waals surface area contributed by atoms with Gasteiger partial charge in [0.15, 0.2) is 6.54 Å². The van der Waals surface area contributed by atoms with E-state index in [-0.39, 0.29) is 11.9 Å². The quantitative estimate of drug-likeness (QED) is 0.726. The fourth-order valence-electron chi connectivity index (χ4n) is 2.95. The number of para-hydroxylation sites is 1. The SMILES string of the molecule is Cc1ccc(C[NH+](C)CC(=O)N(C)[C@H](C)c2nc3ccccc3s2)cc1. The molecule has 0 saturated carbocycles. The second kappa shape index (κ2) is 7.98. The molecule has 1 unspecified atom stereocenters. The molecule has 3 rings (SSSR count). The van der Waals surface area contributed by atoms with E-state index in [2.05, 4.69) is 49.3 Å². The molecule has 1 amide bonds.